The van der Waals surface area contributed by atoms with Gasteiger partial charge in [0.1, 0.15) is 0 Å². The first-order chi connectivity index (χ1) is 12.1. The Hall–Kier alpha value is -2.90. The van der Waals surface area contributed by atoms with Gasteiger partial charge in [-0.3, -0.25) is 9.59 Å². The van der Waals surface area contributed by atoms with Gasteiger partial charge < -0.3 is 19.1 Å². The van der Waals surface area contributed by atoms with Crippen LogP contribution in [0.5, 0.6) is 5.88 Å². The minimum Gasteiger partial charge on any atom is -0.481 e. The third kappa shape index (κ3) is 3.78. The molecule has 8 nitrogen and oxygen atoms in total. The summed E-state index contributed by atoms with van der Waals surface area (Å²) in [5.74, 6) is 1.06. The van der Waals surface area contributed by atoms with E-state index < -0.39 is 0 Å². The molecular weight excluding hydrogens is 322 g/mol. The minimum atomic E-state index is -0.131. The minimum absolute atomic E-state index is 0.0657. The zero-order valence-corrected chi connectivity index (χ0v) is 14.4. The van der Waals surface area contributed by atoms with Gasteiger partial charge in [-0.05, 0) is 12.5 Å². The van der Waals surface area contributed by atoms with Crippen LogP contribution in [0.4, 0.5) is 5.95 Å². The Morgan fingerprint density at radius 3 is 2.76 bits per heavy atom. The summed E-state index contributed by atoms with van der Waals surface area (Å²) in [7, 11) is 3.21. The highest BCUT2D eigenvalue weighted by Gasteiger charge is 2.22. The van der Waals surface area contributed by atoms with Gasteiger partial charge in [0.15, 0.2) is 0 Å². The van der Waals surface area contributed by atoms with E-state index in [0.717, 1.165) is 13.0 Å². The van der Waals surface area contributed by atoms with Crippen LogP contribution in [0.2, 0.25) is 0 Å². The molecule has 0 unspecified atom stereocenters. The lowest BCUT2D eigenvalue weighted by atomic mass is 10.2. The van der Waals surface area contributed by atoms with Gasteiger partial charge in [-0.1, -0.05) is 0 Å². The Morgan fingerprint density at radius 2 is 2.00 bits per heavy atom. The quantitative estimate of drug-likeness (QED) is 0.809. The number of methoxy groups -OCH3 is 1. The first-order valence-corrected chi connectivity index (χ1v) is 8.16. The Balaban J connectivity index is 1.71. The van der Waals surface area contributed by atoms with Crippen LogP contribution in [-0.4, -0.2) is 58.6 Å². The van der Waals surface area contributed by atoms with Crippen molar-refractivity contribution in [3.05, 3.63) is 46.5 Å². The molecule has 0 atom stereocenters. The number of carbonyl (C=O) groups excluding carboxylic acids is 1. The highest BCUT2D eigenvalue weighted by molar-refractivity contribution is 5.94. The number of carbonyl (C=O) groups is 1. The molecule has 1 aliphatic heterocycles. The number of hydrogen-bond acceptors (Lipinski definition) is 6. The van der Waals surface area contributed by atoms with Crippen molar-refractivity contribution >= 4 is 11.9 Å². The lowest BCUT2D eigenvalue weighted by Crippen LogP contribution is -2.36. The molecule has 0 bridgehead atoms. The molecule has 0 saturated carbocycles. The maximum absolute atomic E-state index is 12.7. The molecule has 0 radical (unpaired) electrons. The maximum atomic E-state index is 12.7. The van der Waals surface area contributed by atoms with Crippen LogP contribution >= 0.6 is 0 Å². The summed E-state index contributed by atoms with van der Waals surface area (Å²) in [6.45, 7) is 2.64. The number of ether oxygens (including phenoxy) is 1. The second kappa shape index (κ2) is 7.33. The van der Waals surface area contributed by atoms with Gasteiger partial charge in [-0.15, -0.1) is 0 Å². The molecule has 1 aliphatic rings. The first kappa shape index (κ1) is 16.9. The Morgan fingerprint density at radius 1 is 1.16 bits per heavy atom. The number of pyridine rings is 1. The summed E-state index contributed by atoms with van der Waals surface area (Å²) in [4.78, 5) is 36.7. The smallest absolute Gasteiger partial charge is 0.255 e. The largest absolute Gasteiger partial charge is 0.481 e. The van der Waals surface area contributed by atoms with Crippen molar-refractivity contribution in [1.29, 1.82) is 0 Å². The van der Waals surface area contributed by atoms with Crippen molar-refractivity contribution in [1.82, 2.24) is 19.4 Å². The summed E-state index contributed by atoms with van der Waals surface area (Å²) in [5, 5.41) is 0. The zero-order valence-electron chi connectivity index (χ0n) is 14.4. The Bertz CT molecular complexity index is 820. The van der Waals surface area contributed by atoms with Crippen molar-refractivity contribution in [2.75, 3.05) is 38.2 Å². The maximum Gasteiger partial charge on any atom is 0.255 e. The summed E-state index contributed by atoms with van der Waals surface area (Å²) in [6.07, 6.45) is 4.07. The monoisotopic (exact) mass is 343 g/mol. The van der Waals surface area contributed by atoms with E-state index in [1.807, 2.05) is 0 Å². The summed E-state index contributed by atoms with van der Waals surface area (Å²) < 4.78 is 6.56. The molecule has 8 heteroatoms. The first-order valence-electron chi connectivity index (χ1n) is 8.16. The van der Waals surface area contributed by atoms with Crippen molar-refractivity contribution in [3.8, 4) is 5.88 Å². The number of nitrogens with zero attached hydrogens (tertiary/aromatic N) is 5. The molecule has 0 aliphatic carbocycles. The second-order valence-corrected chi connectivity index (χ2v) is 5.90. The normalized spacial score (nSPS) is 15.0. The molecule has 3 rings (SSSR count). The molecule has 132 valence electrons. The van der Waals surface area contributed by atoms with Crippen LogP contribution in [0, 0.1) is 0 Å². The summed E-state index contributed by atoms with van der Waals surface area (Å²) >= 11 is 0. The van der Waals surface area contributed by atoms with Gasteiger partial charge >= 0.3 is 0 Å². The Kier molecular flexibility index (Phi) is 4.97. The number of amides is 1. The average Bonchev–Trinajstić information content (AvgIpc) is 2.89. The number of rotatable bonds is 3. The van der Waals surface area contributed by atoms with Gasteiger partial charge in [0.05, 0.1) is 12.7 Å². The lowest BCUT2D eigenvalue weighted by Gasteiger charge is -2.22. The predicted octanol–water partition coefficient (Wildman–Crippen LogP) is 0.536. The standard InChI is InChI=1S/C17H21N5O3/c1-20-12-13(4-5-15(20)23)16(24)21-8-3-9-22(11-10-21)17-18-7-6-14(19-17)25-2/h4-7,12H,3,8-11H2,1-2H3. The topological polar surface area (TPSA) is 80.6 Å². The fourth-order valence-corrected chi connectivity index (χ4v) is 2.82. The van der Waals surface area contributed by atoms with Crippen LogP contribution in [0.1, 0.15) is 16.8 Å². The number of aromatic nitrogens is 3. The lowest BCUT2D eigenvalue weighted by molar-refractivity contribution is 0.0766. The van der Waals surface area contributed by atoms with E-state index >= 15 is 0 Å². The SMILES string of the molecule is COc1ccnc(N2CCCN(C(=O)c3ccc(=O)n(C)c3)CC2)n1. The molecule has 2 aromatic heterocycles. The van der Waals surface area contributed by atoms with Crippen molar-refractivity contribution in [2.24, 2.45) is 7.05 Å². The van der Waals surface area contributed by atoms with Crippen LogP contribution < -0.4 is 15.2 Å². The molecular formula is C17H21N5O3. The molecule has 0 aromatic carbocycles. The van der Waals surface area contributed by atoms with Crippen LogP contribution in [0.25, 0.3) is 0 Å². The van der Waals surface area contributed by atoms with Gasteiger partial charge in [0.2, 0.25) is 17.4 Å². The van der Waals surface area contributed by atoms with Crippen molar-refractivity contribution < 1.29 is 9.53 Å². The van der Waals surface area contributed by atoms with Crippen LogP contribution in [0.3, 0.4) is 0 Å². The zero-order chi connectivity index (χ0) is 17.8. The number of anilines is 1. The Labute approximate surface area is 145 Å². The fourth-order valence-electron chi connectivity index (χ4n) is 2.82. The van der Waals surface area contributed by atoms with E-state index in [9.17, 15) is 9.59 Å². The summed E-state index contributed by atoms with van der Waals surface area (Å²) in [6, 6.07) is 4.71. The van der Waals surface area contributed by atoms with E-state index in [0.29, 0.717) is 37.0 Å². The molecule has 0 N–H and O–H groups in total. The van der Waals surface area contributed by atoms with E-state index in [2.05, 4.69) is 14.9 Å². The average molecular weight is 343 g/mol. The van der Waals surface area contributed by atoms with Crippen molar-refractivity contribution in [2.45, 2.75) is 6.42 Å². The fraction of sp³-hybridized carbons (Fsp3) is 0.412. The van der Waals surface area contributed by atoms with Gasteiger partial charge in [-0.2, -0.15) is 4.98 Å². The summed E-state index contributed by atoms with van der Waals surface area (Å²) in [5.41, 5.74) is 0.391. The number of aryl methyl sites for hydroxylation is 1. The van der Waals surface area contributed by atoms with Crippen molar-refractivity contribution in [3.63, 3.8) is 0 Å². The molecule has 1 amide bonds. The number of hydrogen-bond donors (Lipinski definition) is 0. The van der Waals surface area contributed by atoms with Crippen LogP contribution in [-0.2, 0) is 7.05 Å². The highest BCUT2D eigenvalue weighted by atomic mass is 16.5. The van der Waals surface area contributed by atoms with E-state index in [1.54, 1.807) is 43.6 Å². The van der Waals surface area contributed by atoms with Gasteiger partial charge in [0.25, 0.3) is 5.91 Å². The van der Waals surface area contributed by atoms with Gasteiger partial charge in [0, 0.05) is 57.8 Å². The molecule has 2 aromatic rings. The second-order valence-electron chi connectivity index (χ2n) is 5.90. The third-order valence-electron chi connectivity index (χ3n) is 4.23. The molecule has 1 fully saturated rings. The van der Waals surface area contributed by atoms with E-state index in [-0.39, 0.29) is 11.5 Å². The molecule has 0 spiro atoms. The van der Waals surface area contributed by atoms with Gasteiger partial charge in [-0.25, -0.2) is 4.98 Å². The third-order valence-corrected chi connectivity index (χ3v) is 4.23. The van der Waals surface area contributed by atoms with Crippen LogP contribution in [0.15, 0.2) is 35.4 Å². The molecule has 1 saturated heterocycles. The highest BCUT2D eigenvalue weighted by Crippen LogP contribution is 2.15. The van der Waals surface area contributed by atoms with E-state index in [4.69, 9.17) is 4.74 Å². The predicted molar refractivity (Wildman–Crippen MR) is 93.0 cm³/mol. The molecule has 3 heterocycles. The van der Waals surface area contributed by atoms with E-state index in [1.165, 1.54) is 10.6 Å². The molecule has 25 heavy (non-hydrogen) atoms.